The van der Waals surface area contributed by atoms with Crippen molar-refractivity contribution in [3.8, 4) is 11.1 Å². The number of aromatic nitrogens is 1. The molecule has 0 unspecified atom stereocenters. The van der Waals surface area contributed by atoms with Gasteiger partial charge in [-0.05, 0) is 29.7 Å². The van der Waals surface area contributed by atoms with Crippen LogP contribution >= 0.6 is 11.3 Å². The van der Waals surface area contributed by atoms with Crippen molar-refractivity contribution in [2.24, 2.45) is 5.92 Å². The van der Waals surface area contributed by atoms with Crippen LogP contribution in [-0.2, 0) is 17.5 Å². The lowest BCUT2D eigenvalue weighted by Crippen LogP contribution is -2.50. The summed E-state index contributed by atoms with van der Waals surface area (Å²) in [6.07, 6.45) is -3.33. The van der Waals surface area contributed by atoms with Gasteiger partial charge in [0.05, 0.1) is 10.9 Å². The van der Waals surface area contributed by atoms with Gasteiger partial charge in [-0.2, -0.15) is 13.2 Å². The molecule has 3 aromatic rings. The molecule has 1 aliphatic rings. The Morgan fingerprint density at radius 2 is 1.97 bits per heavy atom. The van der Waals surface area contributed by atoms with Crippen LogP contribution in [0.25, 0.3) is 21.2 Å². The summed E-state index contributed by atoms with van der Waals surface area (Å²) in [5, 5.41) is 1.80. The van der Waals surface area contributed by atoms with Gasteiger partial charge in [0.25, 0.3) is 5.56 Å². The van der Waals surface area contributed by atoms with Crippen molar-refractivity contribution in [3.05, 3.63) is 57.6 Å². The Hall–Kier alpha value is -2.68. The molecule has 0 atom stereocenters. The molecule has 1 saturated heterocycles. The molecule has 0 bridgehead atoms. The number of amides is 1. The Bertz CT molecular complexity index is 1160. The minimum Gasteiger partial charge on any atom is -0.340 e. The number of halogens is 4. The molecule has 0 radical (unpaired) electrons. The van der Waals surface area contributed by atoms with Crippen LogP contribution in [0.2, 0.25) is 0 Å². The number of carbonyl (C=O) groups excluding carboxylic acids is 1. The molecular weight excluding hydrogens is 408 g/mol. The van der Waals surface area contributed by atoms with Crippen molar-refractivity contribution < 1.29 is 22.4 Å². The average Bonchev–Trinajstić information content (AvgIpc) is 3.05. The highest BCUT2D eigenvalue weighted by molar-refractivity contribution is 7.17. The number of carbonyl (C=O) groups is 1. The number of benzene rings is 1. The summed E-state index contributed by atoms with van der Waals surface area (Å²) in [4.78, 5) is 26.9. The monoisotopic (exact) mass is 424 g/mol. The number of alkyl halides is 3. The molecule has 4 nitrogen and oxygen atoms in total. The second-order valence-corrected chi connectivity index (χ2v) is 8.14. The first-order valence-electron chi connectivity index (χ1n) is 8.90. The van der Waals surface area contributed by atoms with Gasteiger partial charge in [-0.3, -0.25) is 9.59 Å². The average molecular weight is 424 g/mol. The second kappa shape index (κ2) is 6.98. The maximum absolute atomic E-state index is 13.6. The van der Waals surface area contributed by atoms with E-state index in [1.54, 1.807) is 16.3 Å². The van der Waals surface area contributed by atoms with Crippen molar-refractivity contribution in [3.63, 3.8) is 0 Å². The predicted molar refractivity (Wildman–Crippen MR) is 102 cm³/mol. The fourth-order valence-electron chi connectivity index (χ4n) is 3.48. The maximum atomic E-state index is 13.6. The number of hydrogen-bond acceptors (Lipinski definition) is 3. The van der Waals surface area contributed by atoms with Crippen molar-refractivity contribution >= 4 is 27.3 Å². The summed E-state index contributed by atoms with van der Waals surface area (Å²) in [6.45, 7) is 3.19. The molecule has 1 amide bonds. The largest absolute Gasteiger partial charge is 0.419 e. The number of fused-ring (bicyclic) bond motifs is 1. The topological polar surface area (TPSA) is 42.3 Å². The van der Waals surface area contributed by atoms with Gasteiger partial charge in [-0.25, -0.2) is 4.39 Å². The normalized spacial score (nSPS) is 15.0. The van der Waals surface area contributed by atoms with E-state index in [2.05, 4.69) is 0 Å². The zero-order valence-corrected chi connectivity index (χ0v) is 16.1. The number of nitrogens with zero attached hydrogens (tertiary/aromatic N) is 2. The van der Waals surface area contributed by atoms with Gasteiger partial charge in [-0.1, -0.05) is 13.0 Å². The van der Waals surface area contributed by atoms with Crippen molar-refractivity contribution in [2.45, 2.75) is 19.6 Å². The molecule has 1 fully saturated rings. The predicted octanol–water partition coefficient (Wildman–Crippen LogP) is 4.37. The number of thiophene rings is 1. The van der Waals surface area contributed by atoms with E-state index >= 15 is 0 Å². The molecule has 0 aliphatic carbocycles. The zero-order valence-electron chi connectivity index (χ0n) is 15.3. The maximum Gasteiger partial charge on any atom is 0.419 e. The molecule has 1 aromatic carbocycles. The SMILES string of the molecule is CC1CN(C(=O)Cn2ccc3scc(-c4ccc(F)c(C(F)(F)F)c4)c3c2=O)C1. The van der Waals surface area contributed by atoms with E-state index in [0.717, 1.165) is 6.07 Å². The van der Waals surface area contributed by atoms with E-state index in [1.165, 1.54) is 28.2 Å². The highest BCUT2D eigenvalue weighted by atomic mass is 32.1. The highest BCUT2D eigenvalue weighted by Crippen LogP contribution is 2.37. The smallest absolute Gasteiger partial charge is 0.340 e. The molecule has 29 heavy (non-hydrogen) atoms. The Morgan fingerprint density at radius 3 is 2.62 bits per heavy atom. The van der Waals surface area contributed by atoms with Crippen LogP contribution < -0.4 is 5.56 Å². The number of pyridine rings is 1. The van der Waals surface area contributed by atoms with E-state index in [1.807, 2.05) is 6.92 Å². The van der Waals surface area contributed by atoms with E-state index in [9.17, 15) is 27.2 Å². The minimum atomic E-state index is -4.84. The molecule has 9 heteroatoms. The summed E-state index contributed by atoms with van der Waals surface area (Å²) in [7, 11) is 0. The van der Waals surface area contributed by atoms with Crippen molar-refractivity contribution in [2.75, 3.05) is 13.1 Å². The molecule has 1 aliphatic heterocycles. The number of rotatable bonds is 3. The fourth-order valence-corrected chi connectivity index (χ4v) is 4.43. The molecule has 0 spiro atoms. The molecule has 4 rings (SSSR count). The second-order valence-electron chi connectivity index (χ2n) is 7.23. The molecule has 152 valence electrons. The van der Waals surface area contributed by atoms with Crippen LogP contribution in [0.1, 0.15) is 12.5 Å². The van der Waals surface area contributed by atoms with Crippen LogP contribution in [-0.4, -0.2) is 28.5 Å². The molecular formula is C20H16F4N2O2S. The minimum absolute atomic E-state index is 0.0997. The first-order valence-corrected chi connectivity index (χ1v) is 9.78. The Morgan fingerprint density at radius 1 is 1.24 bits per heavy atom. The van der Waals surface area contributed by atoms with E-state index in [4.69, 9.17) is 0 Å². The number of likely N-dealkylation sites (tertiary alicyclic amines) is 1. The van der Waals surface area contributed by atoms with E-state index < -0.39 is 23.1 Å². The molecule has 3 heterocycles. The van der Waals surface area contributed by atoms with Gasteiger partial charge in [0.1, 0.15) is 12.4 Å². The molecule has 2 aromatic heterocycles. The van der Waals surface area contributed by atoms with Gasteiger partial charge in [0.2, 0.25) is 5.91 Å². The van der Waals surface area contributed by atoms with Crippen molar-refractivity contribution in [1.82, 2.24) is 9.47 Å². The fraction of sp³-hybridized carbons (Fsp3) is 0.300. The van der Waals surface area contributed by atoms with Gasteiger partial charge < -0.3 is 9.47 Å². The third-order valence-corrected chi connectivity index (χ3v) is 5.95. The Kier molecular flexibility index (Phi) is 4.72. The molecule has 0 saturated carbocycles. The summed E-state index contributed by atoms with van der Waals surface area (Å²) < 4.78 is 54.7. The third kappa shape index (κ3) is 3.55. The lowest BCUT2D eigenvalue weighted by molar-refractivity contribution is -0.140. The summed E-state index contributed by atoms with van der Waals surface area (Å²) >= 11 is 1.21. The third-order valence-electron chi connectivity index (χ3n) is 5.01. The first-order chi connectivity index (χ1) is 13.6. The zero-order chi connectivity index (χ0) is 20.9. The standard InChI is InChI=1S/C20H16F4N2O2S/c1-11-7-26(8-11)17(27)9-25-5-4-16-18(19(25)28)13(10-29-16)12-2-3-15(21)14(6-12)20(22,23)24/h2-6,10-11H,7-9H2,1H3. The lowest BCUT2D eigenvalue weighted by Gasteiger charge is -2.37. The summed E-state index contributed by atoms with van der Waals surface area (Å²) in [6, 6.07) is 4.33. The van der Waals surface area contributed by atoms with E-state index in [-0.39, 0.29) is 23.4 Å². The van der Waals surface area contributed by atoms with E-state index in [0.29, 0.717) is 35.3 Å². The lowest BCUT2D eigenvalue weighted by atomic mass is 10.0. The Labute approximate surface area is 167 Å². The van der Waals surface area contributed by atoms with Crippen LogP contribution in [0.5, 0.6) is 0 Å². The van der Waals surface area contributed by atoms with Crippen LogP contribution in [0.4, 0.5) is 17.6 Å². The summed E-state index contributed by atoms with van der Waals surface area (Å²) in [5.74, 6) is -1.11. The first kappa shape index (κ1) is 19.6. The van der Waals surface area contributed by atoms with Crippen LogP contribution in [0, 0.1) is 11.7 Å². The van der Waals surface area contributed by atoms with Crippen LogP contribution in [0.3, 0.4) is 0 Å². The quantitative estimate of drug-likeness (QED) is 0.586. The van der Waals surface area contributed by atoms with Gasteiger partial charge in [-0.15, -0.1) is 11.3 Å². The Balaban J connectivity index is 1.75. The number of hydrogen-bond donors (Lipinski definition) is 0. The van der Waals surface area contributed by atoms with Gasteiger partial charge in [0.15, 0.2) is 0 Å². The van der Waals surface area contributed by atoms with Crippen molar-refractivity contribution in [1.29, 1.82) is 0 Å². The highest BCUT2D eigenvalue weighted by Gasteiger charge is 2.34. The molecule has 0 N–H and O–H groups in total. The van der Waals surface area contributed by atoms with Crippen LogP contribution in [0.15, 0.2) is 40.6 Å². The van der Waals surface area contributed by atoms with Gasteiger partial charge in [0, 0.05) is 34.9 Å². The summed E-state index contributed by atoms with van der Waals surface area (Å²) in [5.41, 5.74) is -1.45. The van der Waals surface area contributed by atoms with Gasteiger partial charge >= 0.3 is 6.18 Å².